The van der Waals surface area contributed by atoms with Gasteiger partial charge in [0.2, 0.25) is 5.76 Å². The number of hydrogen-bond donors (Lipinski definition) is 1. The standard InChI is InChI=1S/C19H15NO6/c1-24-13-5-3-4-11(8-13)18(22)20-12-6-7-16-14(9-12)15(21)10-17(26-16)19(23)25-2/h3-10H,1-2H3,(H,20,22). The summed E-state index contributed by atoms with van der Waals surface area (Å²) in [6.07, 6.45) is 0. The Morgan fingerprint density at radius 1 is 1.04 bits per heavy atom. The van der Waals surface area contributed by atoms with Crippen molar-refractivity contribution in [1.82, 2.24) is 0 Å². The zero-order valence-corrected chi connectivity index (χ0v) is 14.1. The van der Waals surface area contributed by atoms with E-state index in [0.29, 0.717) is 17.0 Å². The monoisotopic (exact) mass is 353 g/mol. The van der Waals surface area contributed by atoms with Gasteiger partial charge in [0, 0.05) is 17.3 Å². The topological polar surface area (TPSA) is 94.8 Å². The fourth-order valence-electron chi connectivity index (χ4n) is 2.40. The Morgan fingerprint density at radius 3 is 2.58 bits per heavy atom. The van der Waals surface area contributed by atoms with E-state index in [1.807, 2.05) is 0 Å². The SMILES string of the molecule is COC(=O)c1cc(=O)c2cc(NC(=O)c3cccc(OC)c3)ccc2o1. The Morgan fingerprint density at radius 2 is 1.85 bits per heavy atom. The lowest BCUT2D eigenvalue weighted by Gasteiger charge is -2.08. The third-order valence-corrected chi connectivity index (χ3v) is 3.70. The molecule has 0 aliphatic heterocycles. The molecule has 1 heterocycles. The Balaban J connectivity index is 1.91. The first-order valence-electron chi connectivity index (χ1n) is 7.63. The highest BCUT2D eigenvalue weighted by molar-refractivity contribution is 6.05. The number of rotatable bonds is 4. The fraction of sp³-hybridized carbons (Fsp3) is 0.105. The lowest BCUT2D eigenvalue weighted by Crippen LogP contribution is -2.13. The summed E-state index contributed by atoms with van der Waals surface area (Å²) < 4.78 is 15.0. The maximum atomic E-state index is 12.4. The second-order valence-electron chi connectivity index (χ2n) is 5.36. The van der Waals surface area contributed by atoms with E-state index in [4.69, 9.17) is 9.15 Å². The van der Waals surface area contributed by atoms with Crippen molar-refractivity contribution in [1.29, 1.82) is 0 Å². The number of benzene rings is 2. The van der Waals surface area contributed by atoms with Crippen molar-refractivity contribution < 1.29 is 23.5 Å². The summed E-state index contributed by atoms with van der Waals surface area (Å²) in [6.45, 7) is 0. The van der Waals surface area contributed by atoms with E-state index in [9.17, 15) is 14.4 Å². The van der Waals surface area contributed by atoms with Crippen molar-refractivity contribution in [2.24, 2.45) is 0 Å². The summed E-state index contributed by atoms with van der Waals surface area (Å²) in [5, 5.41) is 2.95. The first-order valence-corrected chi connectivity index (χ1v) is 7.63. The zero-order valence-electron chi connectivity index (χ0n) is 14.1. The zero-order chi connectivity index (χ0) is 18.7. The fourth-order valence-corrected chi connectivity index (χ4v) is 2.40. The van der Waals surface area contributed by atoms with E-state index >= 15 is 0 Å². The molecule has 0 saturated carbocycles. The molecule has 7 heteroatoms. The van der Waals surface area contributed by atoms with Crippen LogP contribution in [0.15, 0.2) is 57.7 Å². The van der Waals surface area contributed by atoms with Gasteiger partial charge in [-0.25, -0.2) is 4.79 Å². The van der Waals surface area contributed by atoms with Crippen LogP contribution in [0.2, 0.25) is 0 Å². The molecule has 0 atom stereocenters. The van der Waals surface area contributed by atoms with E-state index in [0.717, 1.165) is 6.07 Å². The normalized spacial score (nSPS) is 10.4. The Kier molecular flexibility index (Phi) is 4.70. The molecule has 3 aromatic rings. The minimum absolute atomic E-state index is 0.182. The third kappa shape index (κ3) is 3.41. The predicted octanol–water partition coefficient (Wildman–Crippen LogP) is 2.84. The number of esters is 1. The molecule has 7 nitrogen and oxygen atoms in total. The largest absolute Gasteiger partial charge is 0.497 e. The van der Waals surface area contributed by atoms with Crippen molar-refractivity contribution >= 4 is 28.5 Å². The van der Waals surface area contributed by atoms with Crippen LogP contribution in [0.25, 0.3) is 11.0 Å². The van der Waals surface area contributed by atoms with Crippen molar-refractivity contribution in [2.45, 2.75) is 0 Å². The number of amides is 1. The van der Waals surface area contributed by atoms with Gasteiger partial charge >= 0.3 is 5.97 Å². The molecular formula is C19H15NO6. The molecule has 0 bridgehead atoms. The van der Waals surface area contributed by atoms with Crippen molar-refractivity contribution in [3.05, 3.63) is 70.1 Å². The second-order valence-corrected chi connectivity index (χ2v) is 5.36. The highest BCUT2D eigenvalue weighted by Crippen LogP contribution is 2.20. The predicted molar refractivity (Wildman–Crippen MR) is 94.8 cm³/mol. The van der Waals surface area contributed by atoms with E-state index in [1.165, 1.54) is 26.4 Å². The van der Waals surface area contributed by atoms with Gasteiger partial charge in [-0.3, -0.25) is 9.59 Å². The van der Waals surface area contributed by atoms with Crippen LogP contribution in [-0.4, -0.2) is 26.1 Å². The molecule has 0 unspecified atom stereocenters. The molecule has 2 aromatic carbocycles. The van der Waals surface area contributed by atoms with Crippen LogP contribution in [0.5, 0.6) is 5.75 Å². The number of anilines is 1. The van der Waals surface area contributed by atoms with Gasteiger partial charge in [-0.2, -0.15) is 0 Å². The molecule has 3 rings (SSSR count). The molecule has 0 aliphatic rings. The molecule has 0 fully saturated rings. The van der Waals surface area contributed by atoms with Gasteiger partial charge in [-0.1, -0.05) is 6.07 Å². The van der Waals surface area contributed by atoms with Crippen LogP contribution in [-0.2, 0) is 4.74 Å². The van der Waals surface area contributed by atoms with Gasteiger partial charge in [-0.15, -0.1) is 0 Å². The maximum Gasteiger partial charge on any atom is 0.374 e. The van der Waals surface area contributed by atoms with Crippen LogP contribution in [0.4, 0.5) is 5.69 Å². The van der Waals surface area contributed by atoms with Crippen LogP contribution in [0.3, 0.4) is 0 Å². The van der Waals surface area contributed by atoms with Crippen LogP contribution >= 0.6 is 0 Å². The van der Waals surface area contributed by atoms with Gasteiger partial charge in [0.15, 0.2) is 5.43 Å². The van der Waals surface area contributed by atoms with E-state index in [1.54, 1.807) is 30.3 Å². The number of ether oxygens (including phenoxy) is 2. The number of methoxy groups -OCH3 is 2. The quantitative estimate of drug-likeness (QED) is 0.725. The molecule has 0 saturated heterocycles. The average Bonchev–Trinajstić information content (AvgIpc) is 2.67. The minimum atomic E-state index is -0.737. The van der Waals surface area contributed by atoms with Gasteiger partial charge < -0.3 is 19.2 Å². The molecule has 0 spiro atoms. The smallest absolute Gasteiger partial charge is 0.374 e. The molecule has 0 aliphatic carbocycles. The van der Waals surface area contributed by atoms with Gasteiger partial charge in [0.25, 0.3) is 5.91 Å². The Labute approximate surface area is 148 Å². The van der Waals surface area contributed by atoms with Crippen LogP contribution in [0, 0.1) is 0 Å². The lowest BCUT2D eigenvalue weighted by atomic mass is 10.1. The lowest BCUT2D eigenvalue weighted by molar-refractivity contribution is 0.0565. The van der Waals surface area contributed by atoms with E-state index in [-0.39, 0.29) is 22.6 Å². The summed E-state index contributed by atoms with van der Waals surface area (Å²) >= 11 is 0. The summed E-state index contributed by atoms with van der Waals surface area (Å²) in [6, 6.07) is 12.3. The summed E-state index contributed by atoms with van der Waals surface area (Å²) in [5.74, 6) is -0.705. The molecule has 1 amide bonds. The molecule has 132 valence electrons. The molecular weight excluding hydrogens is 338 g/mol. The molecule has 1 N–H and O–H groups in total. The molecule has 0 radical (unpaired) electrons. The van der Waals surface area contributed by atoms with E-state index < -0.39 is 11.4 Å². The summed E-state index contributed by atoms with van der Waals surface area (Å²) in [5.41, 5.74) is 0.641. The van der Waals surface area contributed by atoms with Crippen molar-refractivity contribution in [3.63, 3.8) is 0 Å². The van der Waals surface area contributed by atoms with Gasteiger partial charge in [-0.05, 0) is 36.4 Å². The first-order chi connectivity index (χ1) is 12.5. The highest BCUT2D eigenvalue weighted by Gasteiger charge is 2.14. The highest BCUT2D eigenvalue weighted by atomic mass is 16.5. The number of fused-ring (bicyclic) bond motifs is 1. The molecule has 1 aromatic heterocycles. The van der Waals surface area contributed by atoms with Crippen molar-refractivity contribution in [3.8, 4) is 5.75 Å². The minimum Gasteiger partial charge on any atom is -0.497 e. The van der Waals surface area contributed by atoms with Crippen molar-refractivity contribution in [2.75, 3.05) is 19.5 Å². The number of nitrogens with one attached hydrogen (secondary N) is 1. The average molecular weight is 353 g/mol. The summed E-state index contributed by atoms with van der Waals surface area (Å²) in [4.78, 5) is 36.1. The Bertz CT molecular complexity index is 1050. The molecule has 26 heavy (non-hydrogen) atoms. The van der Waals surface area contributed by atoms with E-state index in [2.05, 4.69) is 10.1 Å². The van der Waals surface area contributed by atoms with Crippen LogP contribution < -0.4 is 15.5 Å². The third-order valence-electron chi connectivity index (χ3n) is 3.70. The maximum absolute atomic E-state index is 12.4. The second kappa shape index (κ2) is 7.10. The number of hydrogen-bond acceptors (Lipinski definition) is 6. The number of carbonyl (C=O) groups excluding carboxylic acids is 2. The van der Waals surface area contributed by atoms with Gasteiger partial charge in [0.05, 0.1) is 19.6 Å². The first kappa shape index (κ1) is 17.2. The van der Waals surface area contributed by atoms with Gasteiger partial charge in [0.1, 0.15) is 11.3 Å². The van der Waals surface area contributed by atoms with Crippen LogP contribution in [0.1, 0.15) is 20.9 Å². The summed E-state index contributed by atoms with van der Waals surface area (Å²) in [7, 11) is 2.71. The Hall–Kier alpha value is -3.61. The number of carbonyl (C=O) groups is 2.